The van der Waals surface area contributed by atoms with Crippen LogP contribution in [-0.2, 0) is 28.4 Å². The van der Waals surface area contributed by atoms with E-state index in [0.29, 0.717) is 11.4 Å². The molecule has 170 valence electrons. The number of amides is 1. The Bertz CT molecular complexity index is 1370. The molecule has 3 rings (SSSR count). The first kappa shape index (κ1) is 23.2. The fraction of sp³-hybridized carbons (Fsp3) is 0.286. The first-order chi connectivity index (χ1) is 15.0. The summed E-state index contributed by atoms with van der Waals surface area (Å²) in [6.45, 7) is 1.68. The number of nitrogens with zero attached hydrogens (tertiary/aromatic N) is 4. The second kappa shape index (κ2) is 8.97. The van der Waals surface area contributed by atoms with Crippen molar-refractivity contribution in [3.05, 3.63) is 75.1 Å². The van der Waals surface area contributed by atoms with Gasteiger partial charge in [0.05, 0.1) is 16.3 Å². The number of hydrogen-bond donors (Lipinski definition) is 1. The average Bonchev–Trinajstić information content (AvgIpc) is 2.96. The summed E-state index contributed by atoms with van der Waals surface area (Å²) in [6.07, 6.45) is 1.09. The second-order valence-electron chi connectivity index (χ2n) is 7.42. The number of aromatic nitrogens is 3. The maximum Gasteiger partial charge on any atom is 0.295 e. The van der Waals surface area contributed by atoms with Gasteiger partial charge in [-0.1, -0.05) is 18.2 Å². The van der Waals surface area contributed by atoms with Gasteiger partial charge >= 0.3 is 0 Å². The van der Waals surface area contributed by atoms with Gasteiger partial charge in [-0.2, -0.15) is 0 Å². The molecule has 3 aromatic rings. The molecule has 0 atom stereocenters. The maximum absolute atomic E-state index is 12.9. The summed E-state index contributed by atoms with van der Waals surface area (Å²) in [7, 11) is 0.784. The number of pyridine rings is 1. The molecule has 1 amide bonds. The number of nitrogens with one attached hydrogen (secondary N) is 1. The standard InChI is InChI=1S/C21H25N5O5S/c1-15-20(21(29)26(24(15)4)16-8-6-5-7-9-16)22-18(27)12-13-25-14-17(10-11-19(25)28)32(30,31)23(2)3/h5-11,14H,12-13H2,1-4H3,(H,22,27). The lowest BCUT2D eigenvalue weighted by Gasteiger charge is -2.13. The van der Waals surface area contributed by atoms with Crippen molar-refractivity contribution in [2.75, 3.05) is 19.4 Å². The van der Waals surface area contributed by atoms with E-state index < -0.39 is 21.5 Å². The smallest absolute Gasteiger partial charge is 0.295 e. The molecular formula is C21H25N5O5S. The molecule has 0 unspecified atom stereocenters. The predicted octanol–water partition coefficient (Wildman–Crippen LogP) is 0.925. The van der Waals surface area contributed by atoms with E-state index in [1.165, 1.54) is 31.0 Å². The zero-order valence-corrected chi connectivity index (χ0v) is 19.1. The van der Waals surface area contributed by atoms with Gasteiger partial charge in [0.1, 0.15) is 5.69 Å². The van der Waals surface area contributed by atoms with Crippen molar-refractivity contribution < 1.29 is 13.2 Å². The van der Waals surface area contributed by atoms with Crippen LogP contribution in [-0.4, -0.2) is 46.7 Å². The molecule has 11 heteroatoms. The third-order valence-corrected chi connectivity index (χ3v) is 6.93. The highest BCUT2D eigenvalue weighted by atomic mass is 32.2. The molecule has 2 heterocycles. The second-order valence-corrected chi connectivity index (χ2v) is 9.57. The molecule has 0 saturated carbocycles. The van der Waals surface area contributed by atoms with Gasteiger partial charge in [0.25, 0.3) is 11.1 Å². The highest BCUT2D eigenvalue weighted by Crippen LogP contribution is 2.14. The van der Waals surface area contributed by atoms with Crippen molar-refractivity contribution in [2.24, 2.45) is 7.05 Å². The normalized spacial score (nSPS) is 11.7. The van der Waals surface area contributed by atoms with Crippen LogP contribution in [0.1, 0.15) is 12.1 Å². The van der Waals surface area contributed by atoms with Crippen LogP contribution in [0.5, 0.6) is 0 Å². The van der Waals surface area contributed by atoms with Crippen LogP contribution in [0.2, 0.25) is 0 Å². The third-order valence-electron chi connectivity index (χ3n) is 5.13. The van der Waals surface area contributed by atoms with E-state index >= 15 is 0 Å². The van der Waals surface area contributed by atoms with Crippen molar-refractivity contribution in [1.82, 2.24) is 18.2 Å². The lowest BCUT2D eigenvalue weighted by atomic mass is 10.3. The fourth-order valence-electron chi connectivity index (χ4n) is 3.18. The zero-order chi connectivity index (χ0) is 23.6. The first-order valence-electron chi connectivity index (χ1n) is 9.81. The molecule has 0 bridgehead atoms. The number of carbonyl (C=O) groups excluding carboxylic acids is 1. The molecule has 1 N–H and O–H groups in total. The summed E-state index contributed by atoms with van der Waals surface area (Å²) in [5, 5.41) is 2.63. The topological polar surface area (TPSA) is 115 Å². The lowest BCUT2D eigenvalue weighted by Crippen LogP contribution is -2.27. The van der Waals surface area contributed by atoms with Gasteiger partial charge in [0.15, 0.2) is 0 Å². The van der Waals surface area contributed by atoms with Crippen molar-refractivity contribution in [3.63, 3.8) is 0 Å². The van der Waals surface area contributed by atoms with Crippen LogP contribution in [0.4, 0.5) is 5.69 Å². The molecule has 10 nitrogen and oxygen atoms in total. The number of rotatable bonds is 7. The molecular weight excluding hydrogens is 434 g/mol. The van der Waals surface area contributed by atoms with Crippen molar-refractivity contribution in [2.45, 2.75) is 24.8 Å². The van der Waals surface area contributed by atoms with Gasteiger partial charge in [-0.25, -0.2) is 17.4 Å². The SMILES string of the molecule is Cc1c(NC(=O)CCn2cc(S(=O)(=O)N(C)C)ccc2=O)c(=O)n(-c2ccccc2)n1C. The molecule has 0 aliphatic heterocycles. The van der Waals surface area contributed by atoms with Crippen LogP contribution in [0, 0.1) is 6.92 Å². The molecule has 0 spiro atoms. The molecule has 0 aliphatic rings. The summed E-state index contributed by atoms with van der Waals surface area (Å²) in [5.74, 6) is -0.469. The summed E-state index contributed by atoms with van der Waals surface area (Å²) >= 11 is 0. The number of aryl methyl sites for hydroxylation is 1. The van der Waals surface area contributed by atoms with Gasteiger partial charge in [-0.05, 0) is 25.1 Å². The van der Waals surface area contributed by atoms with Gasteiger partial charge in [-0.3, -0.25) is 19.1 Å². The Morgan fingerprint density at radius 3 is 2.34 bits per heavy atom. The van der Waals surface area contributed by atoms with E-state index in [1.807, 2.05) is 18.2 Å². The molecule has 2 aromatic heterocycles. The Morgan fingerprint density at radius 1 is 1.06 bits per heavy atom. The van der Waals surface area contributed by atoms with E-state index in [9.17, 15) is 22.8 Å². The number of benzene rings is 1. The Balaban J connectivity index is 1.80. The van der Waals surface area contributed by atoms with E-state index in [4.69, 9.17) is 0 Å². The molecule has 0 aliphatic carbocycles. The van der Waals surface area contributed by atoms with E-state index in [1.54, 1.807) is 30.8 Å². The summed E-state index contributed by atoms with van der Waals surface area (Å²) in [6, 6.07) is 11.4. The van der Waals surface area contributed by atoms with Crippen molar-refractivity contribution in [3.8, 4) is 5.69 Å². The summed E-state index contributed by atoms with van der Waals surface area (Å²) in [4.78, 5) is 37.5. The van der Waals surface area contributed by atoms with Gasteiger partial charge in [-0.15, -0.1) is 0 Å². The van der Waals surface area contributed by atoms with E-state index in [0.717, 1.165) is 14.9 Å². The van der Waals surface area contributed by atoms with Gasteiger partial charge in [0, 0.05) is 46.4 Å². The Labute approximate surface area is 185 Å². The minimum Gasteiger partial charge on any atom is -0.320 e. The van der Waals surface area contributed by atoms with E-state index in [-0.39, 0.29) is 29.1 Å². The maximum atomic E-state index is 12.9. The minimum absolute atomic E-state index is 0.0415. The number of para-hydroxylation sites is 1. The lowest BCUT2D eigenvalue weighted by molar-refractivity contribution is -0.116. The van der Waals surface area contributed by atoms with Crippen LogP contribution in [0.25, 0.3) is 5.69 Å². The highest BCUT2D eigenvalue weighted by molar-refractivity contribution is 7.89. The number of anilines is 1. The van der Waals surface area contributed by atoms with E-state index in [2.05, 4.69) is 5.32 Å². The summed E-state index contributed by atoms with van der Waals surface area (Å²) in [5.41, 5.74) is 0.578. The molecule has 1 aromatic carbocycles. The fourth-order valence-corrected chi connectivity index (χ4v) is 4.11. The average molecular weight is 460 g/mol. The van der Waals surface area contributed by atoms with Crippen LogP contribution in [0.3, 0.4) is 0 Å². The Kier molecular flexibility index (Phi) is 6.51. The van der Waals surface area contributed by atoms with Crippen LogP contribution >= 0.6 is 0 Å². The van der Waals surface area contributed by atoms with Gasteiger partial charge in [0.2, 0.25) is 15.9 Å². The van der Waals surface area contributed by atoms with Crippen LogP contribution < -0.4 is 16.4 Å². The molecule has 32 heavy (non-hydrogen) atoms. The monoisotopic (exact) mass is 459 g/mol. The zero-order valence-electron chi connectivity index (χ0n) is 18.3. The van der Waals surface area contributed by atoms with Crippen molar-refractivity contribution >= 4 is 21.6 Å². The van der Waals surface area contributed by atoms with Crippen LogP contribution in [0.15, 0.2) is 63.1 Å². The number of sulfonamides is 1. The predicted molar refractivity (Wildman–Crippen MR) is 121 cm³/mol. The Hall–Kier alpha value is -3.44. The summed E-state index contributed by atoms with van der Waals surface area (Å²) < 4.78 is 29.9. The number of hydrogen-bond acceptors (Lipinski definition) is 5. The molecule has 0 saturated heterocycles. The largest absolute Gasteiger partial charge is 0.320 e. The third kappa shape index (κ3) is 4.43. The number of carbonyl (C=O) groups is 1. The minimum atomic E-state index is -3.72. The molecule has 0 fully saturated rings. The molecule has 0 radical (unpaired) electrons. The Morgan fingerprint density at radius 2 is 1.72 bits per heavy atom. The highest BCUT2D eigenvalue weighted by Gasteiger charge is 2.20. The van der Waals surface area contributed by atoms with Crippen molar-refractivity contribution in [1.29, 1.82) is 0 Å². The van der Waals surface area contributed by atoms with Gasteiger partial charge < -0.3 is 9.88 Å². The first-order valence-corrected chi connectivity index (χ1v) is 11.2. The quantitative estimate of drug-likeness (QED) is 0.564.